The first kappa shape index (κ1) is 13.4. The quantitative estimate of drug-likeness (QED) is 0.902. The minimum absolute atomic E-state index is 0.273. The summed E-state index contributed by atoms with van der Waals surface area (Å²) >= 11 is 5.77. The van der Waals surface area contributed by atoms with E-state index in [0.29, 0.717) is 17.3 Å². The van der Waals surface area contributed by atoms with Crippen LogP contribution in [0.5, 0.6) is 0 Å². The Labute approximate surface area is 116 Å². The maximum atomic E-state index is 11.7. The van der Waals surface area contributed by atoms with Crippen molar-refractivity contribution in [3.05, 3.63) is 58.9 Å². The number of urea groups is 1. The summed E-state index contributed by atoms with van der Waals surface area (Å²) in [7, 11) is 0. The van der Waals surface area contributed by atoms with Crippen LogP contribution >= 0.6 is 11.6 Å². The van der Waals surface area contributed by atoms with Crippen molar-refractivity contribution in [1.82, 2.24) is 10.3 Å². The molecule has 0 aliphatic carbocycles. The molecule has 2 rings (SSSR count). The highest BCUT2D eigenvalue weighted by Crippen LogP contribution is 2.13. The molecule has 2 N–H and O–H groups in total. The Bertz CT molecular complexity index is 569. The second-order valence-electron chi connectivity index (χ2n) is 4.08. The van der Waals surface area contributed by atoms with E-state index in [1.807, 2.05) is 25.1 Å². The summed E-state index contributed by atoms with van der Waals surface area (Å²) in [6.45, 7) is 2.30. The van der Waals surface area contributed by atoms with E-state index >= 15 is 0 Å². The Morgan fingerprint density at radius 1 is 1.21 bits per heavy atom. The predicted octanol–water partition coefficient (Wildman–Crippen LogP) is 3.37. The van der Waals surface area contributed by atoms with E-state index < -0.39 is 0 Å². The van der Waals surface area contributed by atoms with Crippen molar-refractivity contribution in [2.24, 2.45) is 0 Å². The lowest BCUT2D eigenvalue weighted by Gasteiger charge is -2.07. The van der Waals surface area contributed by atoms with Gasteiger partial charge in [-0.3, -0.25) is 4.98 Å². The van der Waals surface area contributed by atoms with Crippen LogP contribution in [0.3, 0.4) is 0 Å². The van der Waals surface area contributed by atoms with Crippen LogP contribution < -0.4 is 10.6 Å². The molecule has 98 valence electrons. The standard InChI is InChI=1S/C14H14ClN3O/c1-10-3-2-4-13(17-10)9-16-14(19)18-12-7-5-11(15)6-8-12/h2-8H,9H2,1H3,(H2,16,18,19). The van der Waals surface area contributed by atoms with Gasteiger partial charge < -0.3 is 10.6 Å². The molecule has 0 unspecified atom stereocenters. The molecule has 5 heteroatoms. The Morgan fingerprint density at radius 2 is 1.95 bits per heavy atom. The fourth-order valence-electron chi connectivity index (χ4n) is 1.58. The van der Waals surface area contributed by atoms with E-state index in [4.69, 9.17) is 11.6 Å². The highest BCUT2D eigenvalue weighted by atomic mass is 35.5. The van der Waals surface area contributed by atoms with E-state index in [1.54, 1.807) is 24.3 Å². The first-order chi connectivity index (χ1) is 9.13. The average molecular weight is 276 g/mol. The number of anilines is 1. The monoisotopic (exact) mass is 275 g/mol. The van der Waals surface area contributed by atoms with E-state index in [9.17, 15) is 4.79 Å². The molecule has 0 saturated heterocycles. The molecular weight excluding hydrogens is 262 g/mol. The van der Waals surface area contributed by atoms with Crippen molar-refractivity contribution in [2.45, 2.75) is 13.5 Å². The molecule has 0 atom stereocenters. The molecule has 1 aromatic heterocycles. The van der Waals surface area contributed by atoms with Crippen molar-refractivity contribution < 1.29 is 4.79 Å². The molecule has 19 heavy (non-hydrogen) atoms. The van der Waals surface area contributed by atoms with Crippen molar-refractivity contribution >= 4 is 23.3 Å². The van der Waals surface area contributed by atoms with Crippen molar-refractivity contribution in [1.29, 1.82) is 0 Å². The lowest BCUT2D eigenvalue weighted by Crippen LogP contribution is -2.28. The van der Waals surface area contributed by atoms with Gasteiger partial charge in [-0.15, -0.1) is 0 Å². The zero-order valence-corrected chi connectivity index (χ0v) is 11.2. The third-order valence-corrected chi connectivity index (χ3v) is 2.73. The van der Waals surface area contributed by atoms with Gasteiger partial charge in [0, 0.05) is 16.4 Å². The van der Waals surface area contributed by atoms with Gasteiger partial charge in [-0.05, 0) is 43.3 Å². The number of amides is 2. The largest absolute Gasteiger partial charge is 0.332 e. The number of halogens is 1. The molecule has 0 aliphatic rings. The molecule has 1 heterocycles. The molecule has 2 aromatic rings. The Balaban J connectivity index is 1.86. The highest BCUT2D eigenvalue weighted by Gasteiger charge is 2.02. The molecule has 0 saturated carbocycles. The first-order valence-corrected chi connectivity index (χ1v) is 6.24. The van der Waals surface area contributed by atoms with Gasteiger partial charge in [-0.2, -0.15) is 0 Å². The number of nitrogens with one attached hydrogen (secondary N) is 2. The van der Waals surface area contributed by atoms with Gasteiger partial charge in [0.1, 0.15) is 0 Å². The van der Waals surface area contributed by atoms with E-state index in [2.05, 4.69) is 15.6 Å². The molecule has 0 spiro atoms. The minimum Gasteiger partial charge on any atom is -0.332 e. The summed E-state index contributed by atoms with van der Waals surface area (Å²) in [5.74, 6) is 0. The summed E-state index contributed by atoms with van der Waals surface area (Å²) < 4.78 is 0. The SMILES string of the molecule is Cc1cccc(CNC(=O)Nc2ccc(Cl)cc2)n1. The topological polar surface area (TPSA) is 54.0 Å². The second kappa shape index (κ2) is 6.20. The summed E-state index contributed by atoms with van der Waals surface area (Å²) in [4.78, 5) is 16.0. The molecule has 2 amide bonds. The number of benzene rings is 1. The van der Waals surface area contributed by atoms with Crippen LogP contribution in [0.25, 0.3) is 0 Å². The van der Waals surface area contributed by atoms with Gasteiger partial charge in [-0.25, -0.2) is 4.79 Å². The van der Waals surface area contributed by atoms with Crippen LogP contribution in [-0.4, -0.2) is 11.0 Å². The number of pyridine rings is 1. The first-order valence-electron chi connectivity index (χ1n) is 5.86. The van der Waals surface area contributed by atoms with Crippen LogP contribution in [0.15, 0.2) is 42.5 Å². The maximum absolute atomic E-state index is 11.7. The van der Waals surface area contributed by atoms with Crippen LogP contribution in [0, 0.1) is 6.92 Å². The summed E-state index contributed by atoms with van der Waals surface area (Å²) in [6, 6.07) is 12.4. The third kappa shape index (κ3) is 4.26. The zero-order valence-electron chi connectivity index (χ0n) is 10.5. The van der Waals surface area contributed by atoms with Gasteiger partial charge in [0.05, 0.1) is 12.2 Å². The average Bonchev–Trinajstić information content (AvgIpc) is 2.39. The number of nitrogens with zero attached hydrogens (tertiary/aromatic N) is 1. The number of carbonyl (C=O) groups excluding carboxylic acids is 1. The summed E-state index contributed by atoms with van der Waals surface area (Å²) in [5.41, 5.74) is 2.45. The van der Waals surface area contributed by atoms with Crippen molar-refractivity contribution in [3.63, 3.8) is 0 Å². The van der Waals surface area contributed by atoms with E-state index in [0.717, 1.165) is 11.4 Å². The third-order valence-electron chi connectivity index (χ3n) is 2.48. The lowest BCUT2D eigenvalue weighted by molar-refractivity contribution is 0.251. The van der Waals surface area contributed by atoms with Gasteiger partial charge >= 0.3 is 6.03 Å². The lowest BCUT2D eigenvalue weighted by atomic mass is 10.3. The minimum atomic E-state index is -0.273. The van der Waals surface area contributed by atoms with E-state index in [-0.39, 0.29) is 6.03 Å². The number of aromatic nitrogens is 1. The van der Waals surface area contributed by atoms with Crippen LogP contribution in [0.4, 0.5) is 10.5 Å². The molecule has 0 aliphatic heterocycles. The molecule has 0 radical (unpaired) electrons. The Hall–Kier alpha value is -2.07. The normalized spacial score (nSPS) is 10.0. The Kier molecular flexibility index (Phi) is 4.36. The number of rotatable bonds is 3. The van der Waals surface area contributed by atoms with Crippen molar-refractivity contribution in [2.75, 3.05) is 5.32 Å². The molecule has 0 fully saturated rings. The number of hydrogen-bond acceptors (Lipinski definition) is 2. The smallest absolute Gasteiger partial charge is 0.319 e. The second-order valence-corrected chi connectivity index (χ2v) is 4.52. The molecule has 1 aromatic carbocycles. The molecule has 0 bridgehead atoms. The van der Waals surface area contributed by atoms with Crippen molar-refractivity contribution in [3.8, 4) is 0 Å². The summed E-state index contributed by atoms with van der Waals surface area (Å²) in [6.07, 6.45) is 0. The zero-order chi connectivity index (χ0) is 13.7. The highest BCUT2D eigenvalue weighted by molar-refractivity contribution is 6.30. The summed E-state index contributed by atoms with van der Waals surface area (Å²) in [5, 5.41) is 6.10. The number of carbonyl (C=O) groups is 1. The predicted molar refractivity (Wildman–Crippen MR) is 76.3 cm³/mol. The number of aryl methyl sites for hydroxylation is 1. The molecule has 4 nitrogen and oxygen atoms in total. The Morgan fingerprint density at radius 3 is 2.63 bits per heavy atom. The van der Waals surface area contributed by atoms with E-state index in [1.165, 1.54) is 0 Å². The van der Waals surface area contributed by atoms with Gasteiger partial charge in [0.2, 0.25) is 0 Å². The van der Waals surface area contributed by atoms with Gasteiger partial charge in [0.25, 0.3) is 0 Å². The van der Waals surface area contributed by atoms with Gasteiger partial charge in [0.15, 0.2) is 0 Å². The van der Waals surface area contributed by atoms with Gasteiger partial charge in [-0.1, -0.05) is 17.7 Å². The van der Waals surface area contributed by atoms with Crippen LogP contribution in [0.2, 0.25) is 5.02 Å². The molecular formula is C14H14ClN3O. The fourth-order valence-corrected chi connectivity index (χ4v) is 1.70. The maximum Gasteiger partial charge on any atom is 0.319 e. The number of hydrogen-bond donors (Lipinski definition) is 2. The fraction of sp³-hybridized carbons (Fsp3) is 0.143. The van der Waals surface area contributed by atoms with Crippen LogP contribution in [-0.2, 0) is 6.54 Å². The van der Waals surface area contributed by atoms with Crippen LogP contribution in [0.1, 0.15) is 11.4 Å².